The average Bonchev–Trinajstić information content (AvgIpc) is 3.05. The maximum Gasteiger partial charge on any atom is 0.371 e. The first kappa shape index (κ1) is 15.1. The Labute approximate surface area is 123 Å². The van der Waals surface area contributed by atoms with Crippen molar-refractivity contribution in [1.82, 2.24) is 10.2 Å². The summed E-state index contributed by atoms with van der Waals surface area (Å²) in [6.07, 6.45) is 0. The third-order valence-electron chi connectivity index (χ3n) is 2.32. The molecule has 2 heterocycles. The summed E-state index contributed by atoms with van der Waals surface area (Å²) in [6.45, 7) is 3.79. The molecular weight excluding hydrogens is 298 g/mol. The van der Waals surface area contributed by atoms with Gasteiger partial charge in [-0.1, -0.05) is 30.7 Å². The van der Waals surface area contributed by atoms with Crippen LogP contribution in [0.4, 0.5) is 6.01 Å². The van der Waals surface area contributed by atoms with E-state index in [1.807, 2.05) is 13.8 Å². The summed E-state index contributed by atoms with van der Waals surface area (Å²) in [4.78, 5) is 22.3. The van der Waals surface area contributed by atoms with Crippen LogP contribution in [-0.2, 0) is 4.79 Å². The fraction of sp³-hybridized carbons (Fsp3) is 0.333. The Morgan fingerprint density at radius 1 is 1.33 bits per heavy atom. The van der Waals surface area contributed by atoms with Gasteiger partial charge >= 0.3 is 12.0 Å². The first-order chi connectivity index (χ1) is 9.95. The van der Waals surface area contributed by atoms with E-state index in [-0.39, 0.29) is 29.4 Å². The van der Waals surface area contributed by atoms with Crippen LogP contribution in [0.1, 0.15) is 36.2 Å². The van der Waals surface area contributed by atoms with Crippen LogP contribution in [0.15, 0.2) is 26.1 Å². The van der Waals surface area contributed by atoms with Crippen molar-refractivity contribution in [2.75, 3.05) is 11.1 Å². The van der Waals surface area contributed by atoms with Gasteiger partial charge in [0.1, 0.15) is 0 Å². The lowest BCUT2D eigenvalue weighted by molar-refractivity contribution is -0.113. The number of carboxylic acid groups (broad SMARTS) is 1. The molecule has 0 aliphatic carbocycles. The standard InChI is InChI=1S/C12H13N3O5S/c1-6(2)10-14-15-12(20-10)13-8(16)5-21-9-4-3-7(19-9)11(17)18/h3-4,6H,5H2,1-2H3,(H,17,18)(H,13,15,16). The Bertz CT molecular complexity index is 649. The lowest BCUT2D eigenvalue weighted by Crippen LogP contribution is -2.14. The van der Waals surface area contributed by atoms with E-state index >= 15 is 0 Å². The number of rotatable bonds is 6. The van der Waals surface area contributed by atoms with Crippen LogP contribution >= 0.6 is 11.8 Å². The molecule has 0 aliphatic heterocycles. The minimum Gasteiger partial charge on any atom is -0.475 e. The number of furan rings is 1. The van der Waals surface area contributed by atoms with Gasteiger partial charge in [0.2, 0.25) is 17.6 Å². The van der Waals surface area contributed by atoms with Gasteiger partial charge in [-0.3, -0.25) is 10.1 Å². The SMILES string of the molecule is CC(C)c1nnc(NC(=O)CSc2ccc(C(=O)O)o2)o1. The van der Waals surface area contributed by atoms with Crippen molar-refractivity contribution in [2.45, 2.75) is 24.9 Å². The Balaban J connectivity index is 1.85. The number of thioether (sulfide) groups is 1. The number of carbonyl (C=O) groups is 2. The highest BCUT2D eigenvalue weighted by atomic mass is 32.2. The zero-order valence-corrected chi connectivity index (χ0v) is 12.1. The zero-order valence-electron chi connectivity index (χ0n) is 11.3. The van der Waals surface area contributed by atoms with E-state index in [2.05, 4.69) is 15.5 Å². The Hall–Kier alpha value is -2.29. The second-order valence-corrected chi connectivity index (χ2v) is 5.34. The molecule has 0 fully saturated rings. The summed E-state index contributed by atoms with van der Waals surface area (Å²) in [5.41, 5.74) is 0. The maximum absolute atomic E-state index is 11.7. The number of carboxylic acids is 1. The summed E-state index contributed by atoms with van der Waals surface area (Å²) in [5, 5.41) is 19.0. The van der Waals surface area contributed by atoms with Gasteiger partial charge in [-0.2, -0.15) is 0 Å². The predicted octanol–water partition coefficient (Wildman–Crippen LogP) is 2.21. The average molecular weight is 311 g/mol. The largest absolute Gasteiger partial charge is 0.475 e. The Morgan fingerprint density at radius 2 is 2.10 bits per heavy atom. The number of hydrogen-bond donors (Lipinski definition) is 2. The van der Waals surface area contributed by atoms with Crippen LogP contribution in [0.3, 0.4) is 0 Å². The second-order valence-electron chi connectivity index (χ2n) is 4.36. The molecule has 112 valence electrons. The summed E-state index contributed by atoms with van der Waals surface area (Å²) in [7, 11) is 0. The molecule has 0 bridgehead atoms. The van der Waals surface area contributed by atoms with Gasteiger partial charge in [0.15, 0.2) is 5.09 Å². The van der Waals surface area contributed by atoms with Gasteiger partial charge in [-0.15, -0.1) is 5.10 Å². The molecule has 0 radical (unpaired) electrons. The van der Waals surface area contributed by atoms with Crippen molar-refractivity contribution in [3.8, 4) is 0 Å². The number of nitrogens with zero attached hydrogens (tertiary/aromatic N) is 2. The fourth-order valence-corrected chi connectivity index (χ4v) is 1.98. The summed E-state index contributed by atoms with van der Waals surface area (Å²) >= 11 is 1.07. The molecule has 0 saturated heterocycles. The van der Waals surface area contributed by atoms with Crippen molar-refractivity contribution >= 4 is 29.7 Å². The number of aromatic carboxylic acids is 1. The van der Waals surface area contributed by atoms with Crippen LogP contribution in [0.2, 0.25) is 0 Å². The van der Waals surface area contributed by atoms with E-state index in [1.165, 1.54) is 12.1 Å². The van der Waals surface area contributed by atoms with Gasteiger partial charge in [0.25, 0.3) is 0 Å². The smallest absolute Gasteiger partial charge is 0.371 e. The van der Waals surface area contributed by atoms with Crippen LogP contribution in [0, 0.1) is 0 Å². The molecule has 2 aromatic heterocycles. The molecule has 0 aromatic carbocycles. The number of carbonyl (C=O) groups excluding carboxylic acids is 1. The highest BCUT2D eigenvalue weighted by Gasteiger charge is 2.14. The van der Waals surface area contributed by atoms with Gasteiger partial charge in [-0.25, -0.2) is 4.79 Å². The quantitative estimate of drug-likeness (QED) is 0.779. The van der Waals surface area contributed by atoms with Gasteiger partial charge < -0.3 is 13.9 Å². The monoisotopic (exact) mass is 311 g/mol. The third-order valence-corrected chi connectivity index (χ3v) is 3.23. The number of aromatic nitrogens is 2. The molecule has 8 nitrogen and oxygen atoms in total. The number of amides is 1. The summed E-state index contributed by atoms with van der Waals surface area (Å²) in [6, 6.07) is 2.86. The highest BCUT2D eigenvalue weighted by Crippen LogP contribution is 2.21. The van der Waals surface area contributed by atoms with E-state index in [0.29, 0.717) is 11.0 Å². The molecule has 21 heavy (non-hydrogen) atoms. The van der Waals surface area contributed by atoms with Gasteiger partial charge in [0.05, 0.1) is 5.75 Å². The van der Waals surface area contributed by atoms with E-state index in [0.717, 1.165) is 11.8 Å². The molecule has 0 aliphatic rings. The molecule has 0 spiro atoms. The minimum atomic E-state index is -1.15. The molecule has 9 heteroatoms. The lowest BCUT2D eigenvalue weighted by Gasteiger charge is -1.99. The third kappa shape index (κ3) is 4.09. The van der Waals surface area contributed by atoms with Crippen molar-refractivity contribution < 1.29 is 23.5 Å². The second kappa shape index (κ2) is 6.44. The van der Waals surface area contributed by atoms with Crippen molar-refractivity contribution in [1.29, 1.82) is 0 Å². The van der Waals surface area contributed by atoms with E-state index < -0.39 is 5.97 Å². The van der Waals surface area contributed by atoms with Gasteiger partial charge in [0, 0.05) is 5.92 Å². The minimum absolute atomic E-state index is 0.0337. The fourth-order valence-electron chi connectivity index (χ4n) is 1.32. The van der Waals surface area contributed by atoms with E-state index in [4.69, 9.17) is 13.9 Å². The van der Waals surface area contributed by atoms with E-state index in [9.17, 15) is 9.59 Å². The topological polar surface area (TPSA) is 118 Å². The summed E-state index contributed by atoms with van der Waals surface area (Å²) in [5.74, 6) is -1.13. The molecule has 2 rings (SSSR count). The van der Waals surface area contributed by atoms with Crippen LogP contribution < -0.4 is 5.32 Å². The molecule has 2 aromatic rings. The van der Waals surface area contributed by atoms with E-state index in [1.54, 1.807) is 0 Å². The van der Waals surface area contributed by atoms with Gasteiger partial charge in [-0.05, 0) is 12.1 Å². The molecule has 0 atom stereocenters. The molecule has 0 saturated carbocycles. The predicted molar refractivity (Wildman–Crippen MR) is 73.4 cm³/mol. The normalized spacial score (nSPS) is 10.8. The van der Waals surface area contributed by atoms with Crippen LogP contribution in [-0.4, -0.2) is 32.9 Å². The van der Waals surface area contributed by atoms with Crippen LogP contribution in [0.25, 0.3) is 0 Å². The number of nitrogens with one attached hydrogen (secondary N) is 1. The Kier molecular flexibility index (Phi) is 4.63. The number of hydrogen-bond acceptors (Lipinski definition) is 7. The molecule has 2 N–H and O–H groups in total. The van der Waals surface area contributed by atoms with Crippen molar-refractivity contribution in [3.05, 3.63) is 23.8 Å². The lowest BCUT2D eigenvalue weighted by atomic mass is 10.2. The molecule has 1 amide bonds. The first-order valence-electron chi connectivity index (χ1n) is 6.05. The maximum atomic E-state index is 11.7. The Morgan fingerprint density at radius 3 is 2.67 bits per heavy atom. The summed E-state index contributed by atoms with van der Waals surface area (Å²) < 4.78 is 10.3. The molecule has 0 unspecified atom stereocenters. The van der Waals surface area contributed by atoms with Crippen LogP contribution in [0.5, 0.6) is 0 Å². The first-order valence-corrected chi connectivity index (χ1v) is 7.03. The van der Waals surface area contributed by atoms with Crippen molar-refractivity contribution in [3.63, 3.8) is 0 Å². The van der Waals surface area contributed by atoms with Crippen molar-refractivity contribution in [2.24, 2.45) is 0 Å². The zero-order chi connectivity index (χ0) is 15.4. The molecular formula is C12H13N3O5S. The highest BCUT2D eigenvalue weighted by molar-refractivity contribution is 7.99. The number of anilines is 1.